The molecule has 13 heteroatoms. The lowest BCUT2D eigenvalue weighted by Crippen LogP contribution is -2.50. The number of H-pyrrole nitrogens is 2. The standard InChI is InChI=1S/C28H31BrN8O4/c1-16-5-6-17(29)13-20(16)32-24(38)22-23(31-15-30-22)25(39)35-26-33-19-8-7-18(14-21(19)34-26)36-9-11-37(12-10-36)27(40)41-28(2,3)4/h5-8,13-15H,9-12H2,1-4H3,(H,30,31)(H,32,38)(H2,33,34,35,39). The number of anilines is 3. The molecule has 3 amide bonds. The molecule has 0 unspecified atom stereocenters. The van der Waals surface area contributed by atoms with Crippen molar-refractivity contribution in [1.82, 2.24) is 24.8 Å². The Bertz CT molecular complexity index is 1610. The number of aryl methyl sites for hydroxylation is 1. The highest BCUT2D eigenvalue weighted by Crippen LogP contribution is 2.25. The first-order valence-corrected chi connectivity index (χ1v) is 13.9. The molecule has 1 aliphatic rings. The number of carbonyl (C=O) groups is 3. The van der Waals surface area contributed by atoms with Crippen LogP contribution in [-0.2, 0) is 4.74 Å². The van der Waals surface area contributed by atoms with Crippen LogP contribution in [0.5, 0.6) is 0 Å². The number of rotatable bonds is 5. The minimum Gasteiger partial charge on any atom is -0.444 e. The molecule has 4 N–H and O–H groups in total. The molecule has 0 spiro atoms. The van der Waals surface area contributed by atoms with Crippen molar-refractivity contribution in [3.05, 3.63) is 64.1 Å². The number of halogens is 1. The molecule has 0 atom stereocenters. The average molecular weight is 624 g/mol. The molecule has 0 radical (unpaired) electrons. The number of nitrogens with one attached hydrogen (secondary N) is 4. The van der Waals surface area contributed by atoms with E-state index in [0.29, 0.717) is 37.4 Å². The summed E-state index contributed by atoms with van der Waals surface area (Å²) in [5.41, 5.74) is 3.29. The van der Waals surface area contributed by atoms with Crippen molar-refractivity contribution in [3.63, 3.8) is 0 Å². The number of aromatic nitrogens is 4. The predicted molar refractivity (Wildman–Crippen MR) is 159 cm³/mol. The van der Waals surface area contributed by atoms with Crippen LogP contribution < -0.4 is 15.5 Å². The van der Waals surface area contributed by atoms with Gasteiger partial charge in [0.1, 0.15) is 11.3 Å². The number of piperazine rings is 1. The molecule has 0 saturated carbocycles. The van der Waals surface area contributed by atoms with Crippen LogP contribution in [0.1, 0.15) is 47.3 Å². The zero-order chi connectivity index (χ0) is 29.3. The SMILES string of the molecule is Cc1ccc(Br)cc1NC(=O)c1nc[nH]c1C(=O)Nc1nc2cc(N3CCN(C(=O)OC(C)(C)C)CC3)ccc2[nH]1. The van der Waals surface area contributed by atoms with Gasteiger partial charge in [-0.15, -0.1) is 0 Å². The Morgan fingerprint density at radius 2 is 1.76 bits per heavy atom. The molecule has 4 aromatic rings. The summed E-state index contributed by atoms with van der Waals surface area (Å²) in [6.07, 6.45) is 0.992. The molecule has 2 aromatic heterocycles. The lowest BCUT2D eigenvalue weighted by atomic mass is 10.2. The van der Waals surface area contributed by atoms with E-state index in [-0.39, 0.29) is 23.4 Å². The molecule has 0 bridgehead atoms. The summed E-state index contributed by atoms with van der Waals surface area (Å²) in [7, 11) is 0. The maximum absolute atomic E-state index is 13.1. The van der Waals surface area contributed by atoms with E-state index in [9.17, 15) is 14.4 Å². The minimum absolute atomic E-state index is 0.0131. The van der Waals surface area contributed by atoms with Crippen molar-refractivity contribution < 1.29 is 19.1 Å². The average Bonchev–Trinajstić information content (AvgIpc) is 3.56. The van der Waals surface area contributed by atoms with E-state index in [1.54, 1.807) is 11.0 Å². The van der Waals surface area contributed by atoms with Gasteiger partial charge in [0.2, 0.25) is 5.95 Å². The van der Waals surface area contributed by atoms with Crippen LogP contribution in [0.2, 0.25) is 0 Å². The summed E-state index contributed by atoms with van der Waals surface area (Å²) in [6.45, 7) is 9.85. The van der Waals surface area contributed by atoms with Crippen LogP contribution in [0, 0.1) is 6.92 Å². The Balaban J connectivity index is 1.24. The largest absolute Gasteiger partial charge is 0.444 e. The van der Waals surface area contributed by atoms with Gasteiger partial charge in [0.05, 0.1) is 17.4 Å². The van der Waals surface area contributed by atoms with E-state index < -0.39 is 17.4 Å². The molecule has 214 valence electrons. The van der Waals surface area contributed by atoms with Crippen LogP contribution >= 0.6 is 15.9 Å². The number of fused-ring (bicyclic) bond motifs is 1. The van der Waals surface area contributed by atoms with Crippen molar-refractivity contribution in [2.45, 2.75) is 33.3 Å². The maximum atomic E-state index is 13.1. The second-order valence-electron chi connectivity index (χ2n) is 10.7. The molecule has 12 nitrogen and oxygen atoms in total. The number of nitrogens with zero attached hydrogens (tertiary/aromatic N) is 4. The van der Waals surface area contributed by atoms with E-state index >= 15 is 0 Å². The number of amides is 3. The smallest absolute Gasteiger partial charge is 0.410 e. The van der Waals surface area contributed by atoms with E-state index in [2.05, 4.69) is 51.4 Å². The highest BCUT2D eigenvalue weighted by molar-refractivity contribution is 9.10. The fraction of sp³-hybridized carbons (Fsp3) is 0.321. The molecule has 1 saturated heterocycles. The maximum Gasteiger partial charge on any atom is 0.410 e. The fourth-order valence-electron chi connectivity index (χ4n) is 4.44. The Hall–Kier alpha value is -4.39. The summed E-state index contributed by atoms with van der Waals surface area (Å²) in [5.74, 6) is -0.838. The fourth-order valence-corrected chi connectivity index (χ4v) is 4.80. The summed E-state index contributed by atoms with van der Waals surface area (Å²) in [6, 6.07) is 11.3. The monoisotopic (exact) mass is 622 g/mol. The van der Waals surface area contributed by atoms with Gasteiger partial charge in [0.25, 0.3) is 11.8 Å². The van der Waals surface area contributed by atoms with Crippen LogP contribution in [0.25, 0.3) is 11.0 Å². The Kier molecular flexibility index (Phi) is 7.72. The molecular formula is C28H31BrN8O4. The number of carbonyl (C=O) groups excluding carboxylic acids is 3. The van der Waals surface area contributed by atoms with Crippen molar-refractivity contribution in [2.75, 3.05) is 41.7 Å². The number of hydrogen-bond acceptors (Lipinski definition) is 7. The van der Waals surface area contributed by atoms with Gasteiger partial charge in [0.15, 0.2) is 5.69 Å². The molecule has 2 aromatic carbocycles. The van der Waals surface area contributed by atoms with E-state index in [0.717, 1.165) is 21.2 Å². The quantitative estimate of drug-likeness (QED) is 0.247. The van der Waals surface area contributed by atoms with Gasteiger partial charge in [-0.1, -0.05) is 22.0 Å². The predicted octanol–water partition coefficient (Wildman–Crippen LogP) is 4.92. The first kappa shape index (κ1) is 28.1. The van der Waals surface area contributed by atoms with Gasteiger partial charge < -0.3 is 29.8 Å². The van der Waals surface area contributed by atoms with Gasteiger partial charge >= 0.3 is 6.09 Å². The van der Waals surface area contributed by atoms with Crippen LogP contribution in [0.4, 0.5) is 22.1 Å². The Labute approximate surface area is 245 Å². The molecule has 5 rings (SSSR count). The summed E-state index contributed by atoms with van der Waals surface area (Å²) in [5, 5.41) is 5.52. The number of imidazole rings is 2. The first-order valence-electron chi connectivity index (χ1n) is 13.1. The van der Waals surface area contributed by atoms with Gasteiger partial charge in [0, 0.05) is 42.0 Å². The zero-order valence-corrected chi connectivity index (χ0v) is 24.8. The van der Waals surface area contributed by atoms with Crippen molar-refractivity contribution >= 4 is 62.2 Å². The molecular weight excluding hydrogens is 592 g/mol. The highest BCUT2D eigenvalue weighted by Gasteiger charge is 2.26. The van der Waals surface area contributed by atoms with Crippen LogP contribution in [0.3, 0.4) is 0 Å². The van der Waals surface area contributed by atoms with Crippen LogP contribution in [-0.4, -0.2) is 74.5 Å². The van der Waals surface area contributed by atoms with Gasteiger partial charge in [-0.05, 0) is 63.6 Å². The lowest BCUT2D eigenvalue weighted by Gasteiger charge is -2.36. The summed E-state index contributed by atoms with van der Waals surface area (Å²) in [4.78, 5) is 56.7. The highest BCUT2D eigenvalue weighted by atomic mass is 79.9. The van der Waals surface area contributed by atoms with Gasteiger partial charge in [-0.25, -0.2) is 14.8 Å². The van der Waals surface area contributed by atoms with Gasteiger partial charge in [-0.3, -0.25) is 14.9 Å². The van der Waals surface area contributed by atoms with Gasteiger partial charge in [-0.2, -0.15) is 0 Å². The number of benzene rings is 2. The molecule has 1 fully saturated rings. The minimum atomic E-state index is -0.559. The molecule has 0 aliphatic carbocycles. The summed E-state index contributed by atoms with van der Waals surface area (Å²) < 4.78 is 6.30. The van der Waals surface area contributed by atoms with E-state index in [1.165, 1.54) is 6.33 Å². The molecule has 41 heavy (non-hydrogen) atoms. The van der Waals surface area contributed by atoms with Crippen molar-refractivity contribution in [3.8, 4) is 0 Å². The summed E-state index contributed by atoms with van der Waals surface area (Å²) >= 11 is 3.40. The van der Waals surface area contributed by atoms with Crippen molar-refractivity contribution in [2.24, 2.45) is 0 Å². The Morgan fingerprint density at radius 3 is 2.49 bits per heavy atom. The second kappa shape index (κ2) is 11.2. The van der Waals surface area contributed by atoms with Crippen molar-refractivity contribution in [1.29, 1.82) is 0 Å². The first-order chi connectivity index (χ1) is 19.5. The molecule has 3 heterocycles. The third-order valence-corrected chi connectivity index (χ3v) is 7.02. The third-order valence-electron chi connectivity index (χ3n) is 6.52. The van der Waals surface area contributed by atoms with E-state index in [4.69, 9.17) is 4.74 Å². The third kappa shape index (κ3) is 6.51. The number of aromatic amines is 2. The normalized spacial score (nSPS) is 13.8. The van der Waals surface area contributed by atoms with Crippen LogP contribution in [0.15, 0.2) is 47.2 Å². The topological polar surface area (TPSA) is 148 Å². The lowest BCUT2D eigenvalue weighted by molar-refractivity contribution is 0.0240. The number of ether oxygens (including phenoxy) is 1. The van der Waals surface area contributed by atoms with E-state index in [1.807, 2.05) is 58.0 Å². The zero-order valence-electron chi connectivity index (χ0n) is 23.2. The second-order valence-corrected chi connectivity index (χ2v) is 11.7. The molecule has 1 aliphatic heterocycles. The number of hydrogen-bond donors (Lipinski definition) is 4. The Morgan fingerprint density at radius 1 is 1.00 bits per heavy atom.